The third kappa shape index (κ3) is 6.11. The Morgan fingerprint density at radius 2 is 1.61 bits per heavy atom. The second-order valence-corrected chi connectivity index (χ2v) is 6.85. The molecule has 1 amide bonds. The van der Waals surface area contributed by atoms with Gasteiger partial charge in [-0.05, 0) is 39.3 Å². The number of carboxylic acids is 1. The second kappa shape index (κ2) is 9.23. The van der Waals surface area contributed by atoms with Crippen LogP contribution in [0.2, 0.25) is 0 Å². The summed E-state index contributed by atoms with van der Waals surface area (Å²) in [5, 5.41) is 8.72. The molecular formula is C17H31N3O3. The van der Waals surface area contributed by atoms with Gasteiger partial charge in [-0.1, -0.05) is 6.42 Å². The number of rotatable bonds is 7. The van der Waals surface area contributed by atoms with E-state index in [4.69, 9.17) is 5.11 Å². The van der Waals surface area contributed by atoms with E-state index in [1.165, 1.54) is 32.4 Å². The van der Waals surface area contributed by atoms with E-state index in [-0.39, 0.29) is 12.3 Å². The molecule has 23 heavy (non-hydrogen) atoms. The Balaban J connectivity index is 1.63. The van der Waals surface area contributed by atoms with E-state index in [1.54, 1.807) is 0 Å². The van der Waals surface area contributed by atoms with Crippen LogP contribution in [0.3, 0.4) is 0 Å². The van der Waals surface area contributed by atoms with E-state index < -0.39 is 5.97 Å². The molecule has 0 unspecified atom stereocenters. The lowest BCUT2D eigenvalue weighted by molar-refractivity contribution is -0.138. The lowest BCUT2D eigenvalue weighted by atomic mass is 10.1. The van der Waals surface area contributed by atoms with Crippen molar-refractivity contribution in [1.82, 2.24) is 14.7 Å². The summed E-state index contributed by atoms with van der Waals surface area (Å²) in [5.74, 6) is -0.498. The smallest absolute Gasteiger partial charge is 0.304 e. The number of carbonyl (C=O) groups is 2. The molecule has 1 N–H and O–H groups in total. The molecule has 2 heterocycles. The van der Waals surface area contributed by atoms with Crippen LogP contribution in [0.1, 0.15) is 45.4 Å². The Morgan fingerprint density at radius 3 is 2.22 bits per heavy atom. The van der Waals surface area contributed by atoms with E-state index in [1.807, 2.05) is 4.90 Å². The van der Waals surface area contributed by atoms with Crippen LogP contribution in [0.5, 0.6) is 0 Å². The zero-order chi connectivity index (χ0) is 16.7. The Kier molecular flexibility index (Phi) is 7.30. The molecule has 6 nitrogen and oxygen atoms in total. The SMILES string of the molecule is C[C@H](CCC(=O)N1CCN(CCC(=O)O)CC1)N1CCCCC1. The number of hydrogen-bond acceptors (Lipinski definition) is 4. The Hall–Kier alpha value is -1.14. The monoisotopic (exact) mass is 325 g/mol. The molecule has 1 atom stereocenters. The minimum absolute atomic E-state index is 0.182. The van der Waals surface area contributed by atoms with Gasteiger partial charge in [-0.25, -0.2) is 0 Å². The first-order chi connectivity index (χ1) is 11.1. The van der Waals surface area contributed by atoms with Crippen molar-refractivity contribution in [2.24, 2.45) is 0 Å². The first kappa shape index (κ1) is 18.2. The minimum atomic E-state index is -0.754. The fourth-order valence-electron chi connectivity index (χ4n) is 3.51. The maximum atomic E-state index is 12.4. The molecule has 0 bridgehead atoms. The van der Waals surface area contributed by atoms with E-state index in [0.717, 1.165) is 32.6 Å². The molecule has 2 rings (SSSR count). The van der Waals surface area contributed by atoms with E-state index in [2.05, 4.69) is 16.7 Å². The second-order valence-electron chi connectivity index (χ2n) is 6.85. The van der Waals surface area contributed by atoms with Gasteiger partial charge >= 0.3 is 5.97 Å². The fourth-order valence-corrected chi connectivity index (χ4v) is 3.51. The summed E-state index contributed by atoms with van der Waals surface area (Å²) in [4.78, 5) is 29.5. The number of hydrogen-bond donors (Lipinski definition) is 1. The number of nitrogens with zero attached hydrogens (tertiary/aromatic N) is 3. The number of likely N-dealkylation sites (tertiary alicyclic amines) is 1. The number of carboxylic acid groups (broad SMARTS) is 1. The summed E-state index contributed by atoms with van der Waals surface area (Å²) < 4.78 is 0. The van der Waals surface area contributed by atoms with Crippen molar-refractivity contribution in [1.29, 1.82) is 0 Å². The number of aliphatic carboxylic acids is 1. The summed E-state index contributed by atoms with van der Waals surface area (Å²) in [6, 6.07) is 0.496. The van der Waals surface area contributed by atoms with Gasteiger partial charge in [-0.2, -0.15) is 0 Å². The van der Waals surface area contributed by atoms with Gasteiger partial charge in [0.15, 0.2) is 0 Å². The average molecular weight is 325 g/mol. The molecule has 132 valence electrons. The molecule has 0 aromatic rings. The van der Waals surface area contributed by atoms with Gasteiger partial charge in [0, 0.05) is 45.2 Å². The number of piperazine rings is 1. The fraction of sp³-hybridized carbons (Fsp3) is 0.882. The van der Waals surface area contributed by atoms with Crippen LogP contribution in [-0.2, 0) is 9.59 Å². The molecule has 0 aromatic carbocycles. The normalized spacial score (nSPS) is 22.0. The van der Waals surface area contributed by atoms with Gasteiger partial charge in [-0.3, -0.25) is 14.5 Å². The molecule has 0 spiro atoms. The Bertz CT molecular complexity index is 389. The molecule has 0 aromatic heterocycles. The maximum absolute atomic E-state index is 12.4. The lowest BCUT2D eigenvalue weighted by Gasteiger charge is -2.35. The molecule has 2 saturated heterocycles. The predicted molar refractivity (Wildman–Crippen MR) is 89.4 cm³/mol. The number of carbonyl (C=O) groups excluding carboxylic acids is 1. The van der Waals surface area contributed by atoms with Crippen molar-refractivity contribution in [3.8, 4) is 0 Å². The van der Waals surface area contributed by atoms with Crippen LogP contribution in [-0.4, -0.2) is 83.5 Å². The van der Waals surface area contributed by atoms with Crippen molar-refractivity contribution in [3.05, 3.63) is 0 Å². The van der Waals surface area contributed by atoms with E-state index in [9.17, 15) is 9.59 Å². The van der Waals surface area contributed by atoms with Crippen LogP contribution >= 0.6 is 0 Å². The Morgan fingerprint density at radius 1 is 0.957 bits per heavy atom. The summed E-state index contributed by atoms with van der Waals surface area (Å²) >= 11 is 0. The highest BCUT2D eigenvalue weighted by Gasteiger charge is 2.23. The van der Waals surface area contributed by atoms with Crippen LogP contribution in [0.25, 0.3) is 0 Å². The van der Waals surface area contributed by atoms with Crippen LogP contribution in [0.4, 0.5) is 0 Å². The summed E-state index contributed by atoms with van der Waals surface area (Å²) in [6.07, 6.45) is 5.67. The molecule has 6 heteroatoms. The number of amides is 1. The first-order valence-corrected chi connectivity index (χ1v) is 9.02. The summed E-state index contributed by atoms with van der Waals surface area (Å²) in [7, 11) is 0. The van der Waals surface area contributed by atoms with Crippen LogP contribution in [0.15, 0.2) is 0 Å². The predicted octanol–water partition coefficient (Wildman–Crippen LogP) is 1.26. The van der Waals surface area contributed by atoms with Gasteiger partial charge < -0.3 is 14.9 Å². The van der Waals surface area contributed by atoms with Gasteiger partial charge in [0.2, 0.25) is 5.91 Å². The highest BCUT2D eigenvalue weighted by atomic mass is 16.4. The van der Waals surface area contributed by atoms with Gasteiger partial charge in [0.1, 0.15) is 0 Å². The highest BCUT2D eigenvalue weighted by molar-refractivity contribution is 5.76. The molecule has 0 aliphatic carbocycles. The van der Waals surface area contributed by atoms with Crippen molar-refractivity contribution in [2.75, 3.05) is 45.8 Å². The lowest BCUT2D eigenvalue weighted by Crippen LogP contribution is -2.49. The standard InChI is InChI=1S/C17H31N3O3/c1-15(19-8-3-2-4-9-19)5-6-16(21)20-13-11-18(12-14-20)10-7-17(22)23/h15H,2-14H2,1H3,(H,22,23)/t15-/m1/s1. The molecule has 0 saturated carbocycles. The van der Waals surface area contributed by atoms with Crippen molar-refractivity contribution < 1.29 is 14.7 Å². The average Bonchev–Trinajstić information content (AvgIpc) is 2.58. The van der Waals surface area contributed by atoms with E-state index >= 15 is 0 Å². The maximum Gasteiger partial charge on any atom is 0.304 e. The zero-order valence-electron chi connectivity index (χ0n) is 14.4. The molecule has 0 radical (unpaired) electrons. The number of piperidine rings is 1. The van der Waals surface area contributed by atoms with Crippen molar-refractivity contribution in [2.45, 2.75) is 51.5 Å². The summed E-state index contributed by atoms with van der Waals surface area (Å²) in [5.41, 5.74) is 0. The zero-order valence-corrected chi connectivity index (χ0v) is 14.4. The van der Waals surface area contributed by atoms with Crippen molar-refractivity contribution >= 4 is 11.9 Å². The van der Waals surface area contributed by atoms with E-state index in [0.29, 0.717) is 19.0 Å². The Labute approximate surface area is 139 Å². The van der Waals surface area contributed by atoms with Gasteiger partial charge in [0.25, 0.3) is 0 Å². The first-order valence-electron chi connectivity index (χ1n) is 9.02. The largest absolute Gasteiger partial charge is 0.481 e. The third-order valence-corrected chi connectivity index (χ3v) is 5.16. The van der Waals surface area contributed by atoms with Gasteiger partial charge in [-0.15, -0.1) is 0 Å². The third-order valence-electron chi connectivity index (χ3n) is 5.16. The van der Waals surface area contributed by atoms with Crippen molar-refractivity contribution in [3.63, 3.8) is 0 Å². The molecule has 2 aliphatic rings. The summed E-state index contributed by atoms with van der Waals surface area (Å²) in [6.45, 7) is 8.23. The van der Waals surface area contributed by atoms with Crippen LogP contribution in [0, 0.1) is 0 Å². The highest BCUT2D eigenvalue weighted by Crippen LogP contribution is 2.16. The quantitative estimate of drug-likeness (QED) is 0.763. The topological polar surface area (TPSA) is 64.1 Å². The van der Waals surface area contributed by atoms with Crippen LogP contribution < -0.4 is 0 Å². The molecular weight excluding hydrogens is 294 g/mol. The van der Waals surface area contributed by atoms with Gasteiger partial charge in [0.05, 0.1) is 6.42 Å². The minimum Gasteiger partial charge on any atom is -0.481 e. The molecule has 2 aliphatic heterocycles. The molecule has 2 fully saturated rings.